The molecule has 0 unspecified atom stereocenters. The molecule has 0 spiro atoms. The van der Waals surface area contributed by atoms with Crippen LogP contribution in [0.1, 0.15) is 18.9 Å². The first kappa shape index (κ1) is 12.3. The molecule has 92 valence electrons. The molecule has 0 aromatic heterocycles. The molecule has 4 heteroatoms. The summed E-state index contributed by atoms with van der Waals surface area (Å²) in [4.78, 5) is 5.68. The van der Waals surface area contributed by atoms with E-state index in [4.69, 9.17) is 0 Å². The van der Waals surface area contributed by atoms with Crippen molar-refractivity contribution in [2.24, 2.45) is 4.99 Å². The van der Waals surface area contributed by atoms with Gasteiger partial charge in [-0.3, -0.25) is 4.99 Å². The van der Waals surface area contributed by atoms with Gasteiger partial charge in [0.25, 0.3) is 0 Å². The van der Waals surface area contributed by atoms with Gasteiger partial charge in [0.1, 0.15) is 0 Å². The van der Waals surface area contributed by atoms with Crippen LogP contribution in [0.15, 0.2) is 28.1 Å². The van der Waals surface area contributed by atoms with E-state index in [1.165, 1.54) is 22.6 Å². The lowest BCUT2D eigenvalue weighted by Gasteiger charge is -2.11. The topological polar surface area (TPSA) is 36.4 Å². The minimum Gasteiger partial charge on any atom is -0.354 e. The maximum absolute atomic E-state index is 4.33. The Morgan fingerprint density at radius 1 is 1.47 bits per heavy atom. The Bertz CT molecular complexity index is 415. The first-order valence-electron chi connectivity index (χ1n) is 6.08. The molecular formula is C13H19N3S. The summed E-state index contributed by atoms with van der Waals surface area (Å²) in [7, 11) is 0. The molecule has 17 heavy (non-hydrogen) atoms. The molecule has 0 aliphatic carbocycles. The van der Waals surface area contributed by atoms with Gasteiger partial charge in [-0.15, -0.1) is 11.8 Å². The second kappa shape index (κ2) is 5.96. The fourth-order valence-corrected chi connectivity index (χ4v) is 2.56. The largest absolute Gasteiger partial charge is 0.354 e. The van der Waals surface area contributed by atoms with Gasteiger partial charge < -0.3 is 10.6 Å². The summed E-state index contributed by atoms with van der Waals surface area (Å²) in [5.41, 5.74) is 2.40. The Morgan fingerprint density at radius 3 is 3.00 bits per heavy atom. The maximum atomic E-state index is 4.33. The van der Waals surface area contributed by atoms with Crippen molar-refractivity contribution >= 4 is 23.4 Å². The van der Waals surface area contributed by atoms with E-state index < -0.39 is 0 Å². The van der Waals surface area contributed by atoms with Crippen molar-refractivity contribution in [3.8, 4) is 0 Å². The third-order valence-corrected chi connectivity index (χ3v) is 3.80. The average Bonchev–Trinajstić information content (AvgIpc) is 2.82. The van der Waals surface area contributed by atoms with Gasteiger partial charge in [-0.1, -0.05) is 6.92 Å². The Hall–Kier alpha value is -1.16. The highest BCUT2D eigenvalue weighted by molar-refractivity contribution is 7.99. The number of rotatable bonds is 4. The number of hydrogen-bond acceptors (Lipinski definition) is 4. The lowest BCUT2D eigenvalue weighted by atomic mass is 10.2. The maximum Gasteiger partial charge on any atom is 0.195 e. The fourth-order valence-electron chi connectivity index (χ4n) is 1.70. The fraction of sp³-hybridized carbons (Fsp3) is 0.462. The number of anilines is 1. The molecule has 2 N–H and O–H groups in total. The van der Waals surface area contributed by atoms with Crippen LogP contribution in [0, 0.1) is 6.92 Å². The van der Waals surface area contributed by atoms with Gasteiger partial charge in [-0.05, 0) is 42.9 Å². The van der Waals surface area contributed by atoms with E-state index in [0.29, 0.717) is 0 Å². The average molecular weight is 249 g/mol. The zero-order valence-corrected chi connectivity index (χ0v) is 11.2. The summed E-state index contributed by atoms with van der Waals surface area (Å²) in [6.45, 7) is 6.14. The standard InChI is InChI=1S/C13H19N3S/c1-3-8-17-11-4-5-12(10(2)9-11)16-13-14-6-7-15-13/h4-5,9H,3,6-8H2,1-2H3,(H2,14,15,16). The van der Waals surface area contributed by atoms with Crippen molar-refractivity contribution in [2.75, 3.05) is 24.2 Å². The first-order valence-corrected chi connectivity index (χ1v) is 7.07. The minimum absolute atomic E-state index is 0.867. The number of nitrogens with one attached hydrogen (secondary N) is 2. The molecule has 3 nitrogen and oxygen atoms in total. The van der Waals surface area contributed by atoms with Crippen LogP contribution in [0.25, 0.3) is 0 Å². The predicted octanol–water partition coefficient (Wildman–Crippen LogP) is 2.87. The molecule has 0 amide bonds. The Kier molecular flexibility index (Phi) is 4.31. The third kappa shape index (κ3) is 3.40. The molecule has 0 bridgehead atoms. The third-order valence-electron chi connectivity index (χ3n) is 2.60. The van der Waals surface area contributed by atoms with Crippen molar-refractivity contribution in [1.29, 1.82) is 0 Å². The summed E-state index contributed by atoms with van der Waals surface area (Å²) in [5, 5.41) is 6.54. The summed E-state index contributed by atoms with van der Waals surface area (Å²) in [6, 6.07) is 6.54. The zero-order chi connectivity index (χ0) is 12.1. The number of guanidine groups is 1. The van der Waals surface area contributed by atoms with Gasteiger partial charge in [-0.2, -0.15) is 0 Å². The first-order chi connectivity index (χ1) is 8.29. The van der Waals surface area contributed by atoms with E-state index in [9.17, 15) is 0 Å². The molecule has 0 atom stereocenters. The molecule has 1 aromatic carbocycles. The second-order valence-corrected chi connectivity index (χ2v) is 5.28. The van der Waals surface area contributed by atoms with E-state index in [1.807, 2.05) is 11.8 Å². The summed E-state index contributed by atoms with van der Waals surface area (Å²) >= 11 is 1.91. The molecular weight excluding hydrogens is 230 g/mol. The van der Waals surface area contributed by atoms with Crippen LogP contribution in [0.3, 0.4) is 0 Å². The van der Waals surface area contributed by atoms with Crippen molar-refractivity contribution in [2.45, 2.75) is 25.2 Å². The molecule has 2 rings (SSSR count). The van der Waals surface area contributed by atoms with Crippen LogP contribution in [0.5, 0.6) is 0 Å². The molecule has 1 heterocycles. The van der Waals surface area contributed by atoms with Crippen LogP contribution in [0.2, 0.25) is 0 Å². The number of nitrogens with zero attached hydrogens (tertiary/aromatic N) is 1. The molecule has 1 aromatic rings. The van der Waals surface area contributed by atoms with Gasteiger partial charge in [0.05, 0.1) is 6.54 Å². The SMILES string of the molecule is CCCSc1ccc(NC2=NCCN2)c(C)c1. The van der Waals surface area contributed by atoms with Crippen molar-refractivity contribution in [3.63, 3.8) is 0 Å². The Morgan fingerprint density at radius 2 is 2.35 bits per heavy atom. The number of aliphatic imine (C=N–C) groups is 1. The normalized spacial score (nSPS) is 14.4. The molecule has 0 fully saturated rings. The molecule has 1 aliphatic heterocycles. The van der Waals surface area contributed by atoms with Crippen LogP contribution >= 0.6 is 11.8 Å². The van der Waals surface area contributed by atoms with Gasteiger partial charge in [0.2, 0.25) is 0 Å². The monoisotopic (exact) mass is 249 g/mol. The summed E-state index contributed by atoms with van der Waals surface area (Å²) in [5.74, 6) is 2.07. The van der Waals surface area contributed by atoms with E-state index >= 15 is 0 Å². The van der Waals surface area contributed by atoms with E-state index in [-0.39, 0.29) is 0 Å². The van der Waals surface area contributed by atoms with Crippen LogP contribution < -0.4 is 10.6 Å². The van der Waals surface area contributed by atoms with Crippen LogP contribution in [-0.4, -0.2) is 24.8 Å². The van der Waals surface area contributed by atoms with Crippen molar-refractivity contribution < 1.29 is 0 Å². The lowest BCUT2D eigenvalue weighted by molar-refractivity contribution is 0.959. The van der Waals surface area contributed by atoms with Gasteiger partial charge >= 0.3 is 0 Å². The molecule has 0 saturated heterocycles. The quantitative estimate of drug-likeness (QED) is 0.806. The highest BCUT2D eigenvalue weighted by atomic mass is 32.2. The molecule has 0 radical (unpaired) electrons. The zero-order valence-electron chi connectivity index (χ0n) is 10.4. The van der Waals surface area contributed by atoms with E-state index in [1.54, 1.807) is 0 Å². The van der Waals surface area contributed by atoms with Gasteiger partial charge in [0.15, 0.2) is 5.96 Å². The number of hydrogen-bond donors (Lipinski definition) is 2. The van der Waals surface area contributed by atoms with Crippen LogP contribution in [-0.2, 0) is 0 Å². The second-order valence-electron chi connectivity index (χ2n) is 4.11. The van der Waals surface area contributed by atoms with Crippen molar-refractivity contribution in [1.82, 2.24) is 5.32 Å². The highest BCUT2D eigenvalue weighted by Crippen LogP contribution is 2.24. The Balaban J connectivity index is 2.03. The smallest absolute Gasteiger partial charge is 0.195 e. The van der Waals surface area contributed by atoms with Crippen LogP contribution in [0.4, 0.5) is 5.69 Å². The highest BCUT2D eigenvalue weighted by Gasteiger charge is 2.06. The van der Waals surface area contributed by atoms with Crippen molar-refractivity contribution in [3.05, 3.63) is 23.8 Å². The molecule has 1 aliphatic rings. The van der Waals surface area contributed by atoms with E-state index in [0.717, 1.165) is 24.7 Å². The molecule has 0 saturated carbocycles. The van der Waals surface area contributed by atoms with E-state index in [2.05, 4.69) is 47.7 Å². The summed E-state index contributed by atoms with van der Waals surface area (Å²) < 4.78 is 0. The minimum atomic E-state index is 0.867. The van der Waals surface area contributed by atoms with Gasteiger partial charge in [-0.25, -0.2) is 0 Å². The summed E-state index contributed by atoms with van der Waals surface area (Å²) in [6.07, 6.45) is 1.21. The Labute approximate surface area is 107 Å². The lowest BCUT2D eigenvalue weighted by Crippen LogP contribution is -2.26. The number of benzene rings is 1. The predicted molar refractivity (Wildman–Crippen MR) is 76.1 cm³/mol. The number of thioether (sulfide) groups is 1. The van der Waals surface area contributed by atoms with Gasteiger partial charge in [0, 0.05) is 17.1 Å². The number of aryl methyl sites for hydroxylation is 1.